The highest BCUT2D eigenvalue weighted by atomic mass is 19.1. The van der Waals surface area contributed by atoms with Crippen molar-refractivity contribution < 1.29 is 28.7 Å². The van der Waals surface area contributed by atoms with Gasteiger partial charge in [-0.15, -0.1) is 0 Å². The zero-order valence-corrected chi connectivity index (χ0v) is 20.2. The molecule has 2 aromatic rings. The number of carbonyl (C=O) groups excluding carboxylic acids is 2. The Kier molecular flexibility index (Phi) is 8.23. The van der Waals surface area contributed by atoms with Crippen LogP contribution in [0.5, 0.6) is 5.75 Å². The first-order valence-electron chi connectivity index (χ1n) is 12.4. The first-order valence-corrected chi connectivity index (χ1v) is 12.4. The summed E-state index contributed by atoms with van der Waals surface area (Å²) in [5, 5.41) is 11.4. The molecule has 35 heavy (non-hydrogen) atoms. The third-order valence-electron chi connectivity index (χ3n) is 7.48. The van der Waals surface area contributed by atoms with Crippen LogP contribution in [0.3, 0.4) is 0 Å². The summed E-state index contributed by atoms with van der Waals surface area (Å²) in [5.41, 5.74) is 1.66. The van der Waals surface area contributed by atoms with Crippen LogP contribution < -0.4 is 19.6 Å². The van der Waals surface area contributed by atoms with Gasteiger partial charge in [0.15, 0.2) is 0 Å². The van der Waals surface area contributed by atoms with Crippen LogP contribution in [0.15, 0.2) is 48.5 Å². The Hall–Kier alpha value is -3.13. The van der Waals surface area contributed by atoms with Crippen LogP contribution in [0.4, 0.5) is 10.1 Å². The number of quaternary nitrogens is 1. The van der Waals surface area contributed by atoms with Gasteiger partial charge in [0.05, 0.1) is 39.8 Å². The van der Waals surface area contributed by atoms with Crippen molar-refractivity contribution in [3.05, 3.63) is 59.9 Å². The minimum absolute atomic E-state index is 0.0233. The van der Waals surface area contributed by atoms with E-state index in [9.17, 15) is 19.1 Å². The molecule has 2 fully saturated rings. The average molecular weight is 484 g/mol. The fourth-order valence-electron chi connectivity index (χ4n) is 5.36. The second-order valence-corrected chi connectivity index (χ2v) is 9.62. The van der Waals surface area contributed by atoms with Crippen LogP contribution in [0.25, 0.3) is 0 Å². The third-order valence-corrected chi connectivity index (χ3v) is 7.48. The van der Waals surface area contributed by atoms with Gasteiger partial charge in [-0.25, -0.2) is 4.39 Å². The number of hydrogen-bond acceptors (Lipinski definition) is 5. The Morgan fingerprint density at radius 2 is 1.71 bits per heavy atom. The van der Waals surface area contributed by atoms with Crippen LogP contribution in [-0.4, -0.2) is 69.7 Å². The summed E-state index contributed by atoms with van der Waals surface area (Å²) in [6, 6.07) is 13.7. The number of nitrogens with zero attached hydrogens (tertiary/aromatic N) is 2. The van der Waals surface area contributed by atoms with Crippen molar-refractivity contribution in [1.29, 1.82) is 0 Å². The van der Waals surface area contributed by atoms with Gasteiger partial charge in [-0.3, -0.25) is 4.79 Å². The lowest BCUT2D eigenvalue weighted by Crippen LogP contribution is -3.15. The summed E-state index contributed by atoms with van der Waals surface area (Å²) >= 11 is 0. The summed E-state index contributed by atoms with van der Waals surface area (Å²) in [4.78, 5) is 30.1. The number of ether oxygens (including phenoxy) is 1. The van der Waals surface area contributed by atoms with Crippen molar-refractivity contribution >= 4 is 17.6 Å². The number of anilines is 1. The largest absolute Gasteiger partial charge is 0.550 e. The van der Waals surface area contributed by atoms with E-state index < -0.39 is 5.97 Å². The molecule has 188 valence electrons. The molecule has 0 unspecified atom stereocenters. The Morgan fingerprint density at radius 3 is 2.34 bits per heavy atom. The van der Waals surface area contributed by atoms with Gasteiger partial charge in [-0.2, -0.15) is 0 Å². The number of aliphatic carboxylic acids is 1. The van der Waals surface area contributed by atoms with Crippen LogP contribution >= 0.6 is 0 Å². The zero-order chi connectivity index (χ0) is 24.8. The number of methoxy groups -OCH3 is 1. The second kappa shape index (κ2) is 11.5. The van der Waals surface area contributed by atoms with Crippen molar-refractivity contribution in [2.75, 3.05) is 57.8 Å². The van der Waals surface area contributed by atoms with Crippen LogP contribution in [0.1, 0.15) is 29.6 Å². The van der Waals surface area contributed by atoms with E-state index in [1.54, 1.807) is 31.4 Å². The summed E-state index contributed by atoms with van der Waals surface area (Å²) < 4.78 is 18.4. The lowest BCUT2D eigenvalue weighted by atomic mass is 9.81. The molecule has 0 saturated carbocycles. The Morgan fingerprint density at radius 1 is 1.03 bits per heavy atom. The molecule has 2 heterocycles. The van der Waals surface area contributed by atoms with Crippen molar-refractivity contribution in [1.82, 2.24) is 4.90 Å². The first kappa shape index (κ1) is 25.0. The van der Waals surface area contributed by atoms with Crippen LogP contribution in [0, 0.1) is 17.7 Å². The third kappa shape index (κ3) is 6.51. The highest BCUT2D eigenvalue weighted by Gasteiger charge is 2.33. The number of likely N-dealkylation sites (tertiary alicyclic amines) is 1. The average Bonchev–Trinajstić information content (AvgIpc) is 2.88. The molecule has 0 aliphatic carbocycles. The molecule has 8 heteroatoms. The standard InChI is InChI=1S/C27H34FN3O4/c1-35-25-8-2-20(3-9-25)27(34)31-13-11-21(18-26(32)33)22(19-31)10-12-29-14-16-30(17-15-29)24-6-4-23(28)5-7-24/h2-9,21-22H,10-19H2,1H3,(H,32,33)/t21-,22-/m0/s1. The van der Waals surface area contributed by atoms with E-state index in [0.29, 0.717) is 30.8 Å². The Labute approximate surface area is 206 Å². The molecular weight excluding hydrogens is 449 g/mol. The number of piperazine rings is 1. The molecule has 7 nitrogen and oxygen atoms in total. The van der Waals surface area contributed by atoms with Gasteiger partial charge < -0.3 is 29.3 Å². The van der Waals surface area contributed by atoms with Crippen molar-refractivity contribution in [3.8, 4) is 5.75 Å². The fraction of sp³-hybridized carbons (Fsp3) is 0.481. The molecule has 2 aromatic carbocycles. The number of carboxylic acid groups (broad SMARTS) is 1. The number of amides is 1. The fourth-order valence-corrected chi connectivity index (χ4v) is 5.36. The maximum Gasteiger partial charge on any atom is 0.253 e. The summed E-state index contributed by atoms with van der Waals surface area (Å²) in [5.74, 6) is -0.406. The van der Waals surface area contributed by atoms with E-state index in [-0.39, 0.29) is 30.0 Å². The first-order chi connectivity index (χ1) is 16.9. The molecule has 2 aliphatic rings. The van der Waals surface area contributed by atoms with Gasteiger partial charge in [0.1, 0.15) is 11.6 Å². The lowest BCUT2D eigenvalue weighted by Gasteiger charge is -2.40. The molecule has 4 rings (SSSR count). The van der Waals surface area contributed by atoms with Crippen molar-refractivity contribution in [3.63, 3.8) is 0 Å². The Bertz CT molecular complexity index is 990. The predicted octanol–water partition coefficient (Wildman–Crippen LogP) is 0.848. The summed E-state index contributed by atoms with van der Waals surface area (Å²) in [6.45, 7) is 5.82. The minimum Gasteiger partial charge on any atom is -0.550 e. The number of piperidine rings is 1. The van der Waals surface area contributed by atoms with E-state index >= 15 is 0 Å². The molecule has 0 bridgehead atoms. The van der Waals surface area contributed by atoms with E-state index in [4.69, 9.17) is 4.74 Å². The highest BCUT2D eigenvalue weighted by molar-refractivity contribution is 5.94. The van der Waals surface area contributed by atoms with E-state index in [1.807, 2.05) is 17.0 Å². The molecule has 0 radical (unpaired) electrons. The van der Waals surface area contributed by atoms with Gasteiger partial charge in [0, 0.05) is 36.7 Å². The number of nitrogens with one attached hydrogen (secondary N) is 1. The quantitative estimate of drug-likeness (QED) is 0.603. The van der Waals surface area contributed by atoms with Crippen LogP contribution in [-0.2, 0) is 4.79 Å². The zero-order valence-electron chi connectivity index (χ0n) is 20.2. The predicted molar refractivity (Wildman–Crippen MR) is 129 cm³/mol. The lowest BCUT2D eigenvalue weighted by molar-refractivity contribution is -0.901. The van der Waals surface area contributed by atoms with Crippen molar-refractivity contribution in [2.24, 2.45) is 11.8 Å². The molecule has 2 saturated heterocycles. The molecular formula is C27H34FN3O4. The molecule has 1 N–H and O–H groups in total. The Balaban J connectivity index is 1.33. The number of rotatable bonds is 8. The molecule has 2 aliphatic heterocycles. The number of carbonyl (C=O) groups is 2. The van der Waals surface area contributed by atoms with Crippen LogP contribution in [0.2, 0.25) is 0 Å². The number of hydrogen-bond donors (Lipinski definition) is 1. The number of halogens is 1. The number of benzene rings is 2. The molecule has 2 atom stereocenters. The smallest absolute Gasteiger partial charge is 0.253 e. The monoisotopic (exact) mass is 483 g/mol. The number of carboxylic acids is 1. The van der Waals surface area contributed by atoms with Gasteiger partial charge in [0.2, 0.25) is 0 Å². The highest BCUT2D eigenvalue weighted by Crippen LogP contribution is 2.29. The van der Waals surface area contributed by atoms with Gasteiger partial charge in [-0.05, 0) is 73.2 Å². The van der Waals surface area contributed by atoms with E-state index in [0.717, 1.165) is 44.8 Å². The normalized spacial score (nSPS) is 21.1. The maximum absolute atomic E-state index is 13.2. The maximum atomic E-state index is 13.2. The summed E-state index contributed by atoms with van der Waals surface area (Å²) in [6.07, 6.45) is 1.59. The van der Waals surface area contributed by atoms with Gasteiger partial charge >= 0.3 is 0 Å². The molecule has 0 aromatic heterocycles. The molecule has 0 spiro atoms. The minimum atomic E-state index is -1.02. The van der Waals surface area contributed by atoms with E-state index in [1.165, 1.54) is 17.0 Å². The SMILES string of the molecule is COc1ccc(C(=O)N2CC[C@@H](CC(=O)[O-])[C@@H](CC[NH+]3CCN(c4ccc(F)cc4)CC3)C2)cc1. The molecule has 1 amide bonds. The summed E-state index contributed by atoms with van der Waals surface area (Å²) in [7, 11) is 1.59. The van der Waals surface area contributed by atoms with E-state index in [2.05, 4.69) is 4.90 Å². The van der Waals surface area contributed by atoms with Gasteiger partial charge in [0.25, 0.3) is 5.91 Å². The van der Waals surface area contributed by atoms with Gasteiger partial charge in [-0.1, -0.05) is 0 Å². The second-order valence-electron chi connectivity index (χ2n) is 9.62. The topological polar surface area (TPSA) is 77.3 Å². The van der Waals surface area contributed by atoms with Crippen molar-refractivity contribution in [2.45, 2.75) is 19.3 Å².